The zero-order valence-corrected chi connectivity index (χ0v) is 29.1. The highest BCUT2D eigenvalue weighted by Crippen LogP contribution is 2.72. The number of fused-ring (bicyclic) bond motifs is 3. The zero-order chi connectivity index (χ0) is 32.8. The molecule has 250 valence electrons. The van der Waals surface area contributed by atoms with Gasteiger partial charge in [0.05, 0.1) is 25.4 Å². The number of ether oxygens (including phenoxy) is 3. The van der Waals surface area contributed by atoms with Gasteiger partial charge in [-0.15, -0.1) is 0 Å². The van der Waals surface area contributed by atoms with Gasteiger partial charge in [-0.2, -0.15) is 0 Å². The van der Waals surface area contributed by atoms with E-state index in [0.29, 0.717) is 31.1 Å². The number of hydrogen-bond donors (Lipinski definition) is 2. The topological polar surface area (TPSA) is 102 Å². The van der Waals surface area contributed by atoms with Gasteiger partial charge >= 0.3 is 11.9 Å². The Hall–Kier alpha value is -1.70. The minimum absolute atomic E-state index is 0.0553. The van der Waals surface area contributed by atoms with Crippen LogP contribution in [0.4, 0.5) is 0 Å². The molecule has 0 unspecified atom stereocenters. The molecule has 1 heterocycles. The van der Waals surface area contributed by atoms with E-state index in [2.05, 4.69) is 46.8 Å². The van der Waals surface area contributed by atoms with Gasteiger partial charge in [-0.25, -0.2) is 4.79 Å². The molecule has 0 radical (unpaired) electrons. The maximum Gasteiger partial charge on any atom is 0.335 e. The van der Waals surface area contributed by atoms with E-state index in [1.54, 1.807) is 0 Å². The van der Waals surface area contributed by atoms with Gasteiger partial charge in [0, 0.05) is 11.8 Å². The van der Waals surface area contributed by atoms with E-state index in [1.807, 2.05) is 27.7 Å². The molecule has 1 saturated heterocycles. The SMILES string of the molecule is CC[C@@H](C)[C@@H](O)C(=O)O[C@@H]1C[C@H](C(C)(C)O)[C@](C)(CCC(=O)OC)[C@H]2CC[C@]3(C)C(=CC[C@H]3[C@H]3CO[C@H](C=C(C)C)C3)[C@@]21C. The Bertz CT molecular complexity index is 1130. The van der Waals surface area contributed by atoms with Crippen LogP contribution in [0.2, 0.25) is 0 Å². The fourth-order valence-electron chi connectivity index (χ4n) is 10.3. The normalized spacial score (nSPS) is 39.9. The summed E-state index contributed by atoms with van der Waals surface area (Å²) < 4.78 is 17.7. The van der Waals surface area contributed by atoms with Crippen LogP contribution in [-0.2, 0) is 23.8 Å². The van der Waals surface area contributed by atoms with Gasteiger partial charge in [-0.3, -0.25) is 4.79 Å². The molecule has 4 aliphatic rings. The van der Waals surface area contributed by atoms with Gasteiger partial charge in [-0.05, 0) is 107 Å². The van der Waals surface area contributed by atoms with Crippen molar-refractivity contribution >= 4 is 11.9 Å². The van der Waals surface area contributed by atoms with Crippen LogP contribution < -0.4 is 0 Å². The Morgan fingerprint density at radius 2 is 1.89 bits per heavy atom. The Balaban J connectivity index is 1.77. The van der Waals surface area contributed by atoms with Crippen molar-refractivity contribution in [2.24, 2.45) is 45.8 Å². The van der Waals surface area contributed by atoms with Crippen molar-refractivity contribution in [3.8, 4) is 0 Å². The molecule has 0 aromatic carbocycles. The summed E-state index contributed by atoms with van der Waals surface area (Å²) in [5.74, 6) is -0.338. The molecule has 0 spiro atoms. The van der Waals surface area contributed by atoms with E-state index in [1.165, 1.54) is 18.3 Å². The molecule has 2 N–H and O–H groups in total. The van der Waals surface area contributed by atoms with E-state index < -0.39 is 34.6 Å². The van der Waals surface area contributed by atoms with Crippen molar-refractivity contribution in [3.63, 3.8) is 0 Å². The molecular weight excluding hydrogens is 556 g/mol. The Morgan fingerprint density at radius 3 is 2.48 bits per heavy atom. The second kappa shape index (κ2) is 12.8. The standard InChI is InChI=1S/C37H60O7/c1-11-23(4)32(39)33(40)44-30-20-29(34(5,6)41)36(8,17-15-31(38)42-10)28-14-16-35(7)26(12-13-27(35)37(28,30)9)24-19-25(43-21-24)18-22(2)3/h13,18,23-26,28-30,32,39,41H,11-12,14-17,19-21H2,1-10H3/t23-,24-,25-,26+,28-,29-,30-,32-,35+,36-,37+/m1/s1. The van der Waals surface area contributed by atoms with E-state index in [0.717, 1.165) is 32.3 Å². The summed E-state index contributed by atoms with van der Waals surface area (Å²) in [7, 11) is 1.42. The predicted octanol–water partition coefficient (Wildman–Crippen LogP) is 6.80. The maximum atomic E-state index is 13.5. The number of hydrogen-bond acceptors (Lipinski definition) is 7. The molecular formula is C37H60O7. The minimum Gasteiger partial charge on any atom is -0.469 e. The third kappa shape index (κ3) is 6.19. The van der Waals surface area contributed by atoms with Crippen molar-refractivity contribution in [2.45, 2.75) is 138 Å². The second-order valence-corrected chi connectivity index (χ2v) is 16.1. The molecule has 7 nitrogen and oxygen atoms in total. The van der Waals surface area contributed by atoms with Crippen molar-refractivity contribution in [2.75, 3.05) is 13.7 Å². The van der Waals surface area contributed by atoms with Crippen LogP contribution in [0.15, 0.2) is 23.3 Å². The van der Waals surface area contributed by atoms with Crippen LogP contribution in [0.25, 0.3) is 0 Å². The number of allylic oxidation sites excluding steroid dienone is 2. The first kappa shape index (κ1) is 35.2. The van der Waals surface area contributed by atoms with E-state index >= 15 is 0 Å². The van der Waals surface area contributed by atoms with Gasteiger partial charge < -0.3 is 24.4 Å². The van der Waals surface area contributed by atoms with Crippen molar-refractivity contribution in [3.05, 3.63) is 23.3 Å². The van der Waals surface area contributed by atoms with Gasteiger partial charge in [0.1, 0.15) is 6.10 Å². The lowest BCUT2D eigenvalue weighted by atomic mass is 9.39. The molecule has 11 atom stereocenters. The number of carbonyl (C=O) groups excluding carboxylic acids is 2. The summed E-state index contributed by atoms with van der Waals surface area (Å²) in [6.45, 7) is 19.4. The van der Waals surface area contributed by atoms with Crippen LogP contribution in [0.5, 0.6) is 0 Å². The highest BCUT2D eigenvalue weighted by atomic mass is 16.6. The summed E-state index contributed by atoms with van der Waals surface area (Å²) in [6.07, 6.45) is 8.99. The molecule has 4 rings (SSSR count). The zero-order valence-electron chi connectivity index (χ0n) is 29.1. The lowest BCUT2D eigenvalue weighted by Gasteiger charge is -2.66. The first-order chi connectivity index (χ1) is 20.4. The molecule has 0 bridgehead atoms. The molecule has 0 aromatic rings. The summed E-state index contributed by atoms with van der Waals surface area (Å²) >= 11 is 0. The molecule has 3 fully saturated rings. The van der Waals surface area contributed by atoms with Gasteiger partial charge in [0.15, 0.2) is 6.10 Å². The molecule has 0 amide bonds. The van der Waals surface area contributed by atoms with Crippen molar-refractivity contribution in [1.29, 1.82) is 0 Å². The maximum absolute atomic E-state index is 13.5. The third-order valence-corrected chi connectivity index (χ3v) is 12.8. The third-order valence-electron chi connectivity index (χ3n) is 12.8. The number of carbonyl (C=O) groups is 2. The van der Waals surface area contributed by atoms with E-state index in [-0.39, 0.29) is 41.7 Å². The summed E-state index contributed by atoms with van der Waals surface area (Å²) in [5.41, 5.74) is 0.554. The lowest BCUT2D eigenvalue weighted by molar-refractivity contribution is -0.214. The highest BCUT2D eigenvalue weighted by molar-refractivity contribution is 5.75. The number of esters is 2. The van der Waals surface area contributed by atoms with E-state index in [9.17, 15) is 19.8 Å². The smallest absolute Gasteiger partial charge is 0.335 e. The number of aliphatic hydroxyl groups excluding tert-OH is 1. The quantitative estimate of drug-likeness (QED) is 0.206. The largest absolute Gasteiger partial charge is 0.469 e. The van der Waals surface area contributed by atoms with Gasteiger partial charge in [0.2, 0.25) is 0 Å². The Kier molecular flexibility index (Phi) is 10.3. The summed E-state index contributed by atoms with van der Waals surface area (Å²) in [6, 6.07) is 0. The minimum atomic E-state index is -1.20. The van der Waals surface area contributed by atoms with Gasteiger partial charge in [-0.1, -0.05) is 64.3 Å². The number of aliphatic hydroxyl groups is 2. The molecule has 1 aliphatic heterocycles. The van der Waals surface area contributed by atoms with Crippen molar-refractivity contribution in [1.82, 2.24) is 0 Å². The van der Waals surface area contributed by atoms with Gasteiger partial charge in [0.25, 0.3) is 0 Å². The van der Waals surface area contributed by atoms with Crippen LogP contribution >= 0.6 is 0 Å². The molecule has 3 aliphatic carbocycles. The first-order valence-electron chi connectivity index (χ1n) is 17.1. The summed E-state index contributed by atoms with van der Waals surface area (Å²) in [4.78, 5) is 26.0. The lowest BCUT2D eigenvalue weighted by Crippen LogP contribution is -2.64. The van der Waals surface area contributed by atoms with Crippen molar-refractivity contribution < 1.29 is 34.0 Å². The Morgan fingerprint density at radius 1 is 1.20 bits per heavy atom. The molecule has 2 saturated carbocycles. The molecule has 0 aromatic heterocycles. The second-order valence-electron chi connectivity index (χ2n) is 16.1. The number of methoxy groups -OCH3 is 1. The fraction of sp³-hybridized carbons (Fsp3) is 0.838. The average molecular weight is 617 g/mol. The number of rotatable bonds is 10. The molecule has 44 heavy (non-hydrogen) atoms. The van der Waals surface area contributed by atoms with Crippen LogP contribution in [-0.4, -0.2) is 59.8 Å². The van der Waals surface area contributed by atoms with Crippen LogP contribution in [0.3, 0.4) is 0 Å². The Labute approximate surface area is 266 Å². The van der Waals surface area contributed by atoms with Crippen LogP contribution in [0, 0.1) is 45.8 Å². The molecule has 7 heteroatoms. The van der Waals surface area contributed by atoms with Crippen LogP contribution in [0.1, 0.15) is 114 Å². The van der Waals surface area contributed by atoms with E-state index in [4.69, 9.17) is 14.2 Å². The fourth-order valence-corrected chi connectivity index (χ4v) is 10.3. The summed E-state index contributed by atoms with van der Waals surface area (Å²) in [5, 5.41) is 22.5. The predicted molar refractivity (Wildman–Crippen MR) is 172 cm³/mol. The highest BCUT2D eigenvalue weighted by Gasteiger charge is 2.68. The average Bonchev–Trinajstić information content (AvgIpc) is 3.55. The first-order valence-corrected chi connectivity index (χ1v) is 17.1. The monoisotopic (exact) mass is 616 g/mol.